The summed E-state index contributed by atoms with van der Waals surface area (Å²) < 4.78 is 0. The van der Waals surface area contributed by atoms with Crippen LogP contribution in [0.3, 0.4) is 0 Å². The van der Waals surface area contributed by atoms with E-state index in [0.29, 0.717) is 11.7 Å². The second-order valence-electron chi connectivity index (χ2n) is 2.85. The molecule has 12 heavy (non-hydrogen) atoms. The molecule has 0 aliphatic rings. The number of aliphatic hydroxyl groups is 1. The van der Waals surface area contributed by atoms with Gasteiger partial charge in [0.05, 0.1) is 12.4 Å². The van der Waals surface area contributed by atoms with Gasteiger partial charge in [-0.2, -0.15) is 11.8 Å². The fourth-order valence-electron chi connectivity index (χ4n) is 0.755. The average Bonchev–Trinajstić information content (AvgIpc) is 2.03. The van der Waals surface area contributed by atoms with Gasteiger partial charge in [-0.05, 0) is 18.6 Å². The van der Waals surface area contributed by atoms with Crippen LogP contribution < -0.4 is 5.73 Å². The zero-order chi connectivity index (χ0) is 9.40. The third kappa shape index (κ3) is 7.88. The molecule has 0 amide bonds. The van der Waals surface area contributed by atoms with Crippen molar-refractivity contribution in [2.75, 3.05) is 12.4 Å². The van der Waals surface area contributed by atoms with E-state index in [9.17, 15) is 0 Å². The third-order valence-corrected chi connectivity index (χ3v) is 2.74. The first-order valence-electron chi connectivity index (χ1n) is 4.22. The van der Waals surface area contributed by atoms with Crippen LogP contribution in [0.15, 0.2) is 0 Å². The van der Waals surface area contributed by atoms with Crippen LogP contribution in [0.2, 0.25) is 0 Å². The highest BCUT2D eigenvalue weighted by Gasteiger charge is 1.99. The molecule has 0 spiro atoms. The lowest BCUT2D eigenvalue weighted by molar-refractivity contribution is 0.300. The molecule has 0 radical (unpaired) electrons. The predicted octanol–water partition coefficient (Wildman–Crippen LogP) is 1.21. The lowest BCUT2D eigenvalue weighted by Gasteiger charge is -2.06. The van der Waals surface area contributed by atoms with Gasteiger partial charge in [0.1, 0.15) is 0 Å². The van der Waals surface area contributed by atoms with Gasteiger partial charge in [0.25, 0.3) is 0 Å². The Labute approximate surface area is 78.2 Å². The highest BCUT2D eigenvalue weighted by Crippen LogP contribution is 2.12. The lowest BCUT2D eigenvalue weighted by Crippen LogP contribution is -2.09. The van der Waals surface area contributed by atoms with Crippen molar-refractivity contribution < 1.29 is 5.11 Å². The molecule has 3 nitrogen and oxygen atoms in total. The molecule has 4 N–H and O–H groups in total. The largest absolute Gasteiger partial charge is 0.395 e. The molecule has 0 saturated carbocycles. The van der Waals surface area contributed by atoms with Crippen LogP contribution in [0.25, 0.3) is 0 Å². The molecule has 0 saturated heterocycles. The minimum Gasteiger partial charge on any atom is -0.395 e. The van der Waals surface area contributed by atoms with Crippen LogP contribution in [0.4, 0.5) is 0 Å². The zero-order valence-electron chi connectivity index (χ0n) is 7.55. The minimum atomic E-state index is 0.247. The maximum Gasteiger partial charge on any atom is 0.0905 e. The maximum atomic E-state index is 8.70. The van der Waals surface area contributed by atoms with Crippen LogP contribution in [0.5, 0.6) is 0 Å². The van der Waals surface area contributed by atoms with Gasteiger partial charge < -0.3 is 10.8 Å². The molecule has 72 valence electrons. The Morgan fingerprint density at radius 3 is 2.75 bits per heavy atom. The molecular formula is C8H18N2OS. The number of aliphatic hydroxyl groups excluding tert-OH is 1. The van der Waals surface area contributed by atoms with Crippen molar-refractivity contribution in [3.63, 3.8) is 0 Å². The summed E-state index contributed by atoms with van der Waals surface area (Å²) in [6.07, 6.45) is 2.77. The minimum absolute atomic E-state index is 0.247. The Bertz CT molecular complexity index is 130. The van der Waals surface area contributed by atoms with E-state index < -0.39 is 0 Å². The van der Waals surface area contributed by atoms with E-state index in [4.69, 9.17) is 16.2 Å². The smallest absolute Gasteiger partial charge is 0.0905 e. The number of unbranched alkanes of at least 4 members (excludes halogenated alkanes) is 1. The number of hydrogen-bond donors (Lipinski definition) is 3. The molecule has 0 rings (SSSR count). The first-order chi connectivity index (χ1) is 5.66. The van der Waals surface area contributed by atoms with Gasteiger partial charge in [0, 0.05) is 11.7 Å². The standard InChI is InChI=1S/C8H18N2OS/c1-7(6-11)12-5-3-2-4-8(9)10/h7,11H,2-6H2,1H3,(H3,9,10). The van der Waals surface area contributed by atoms with Crippen molar-refractivity contribution in [2.24, 2.45) is 5.73 Å². The van der Waals surface area contributed by atoms with Gasteiger partial charge in [-0.15, -0.1) is 0 Å². The van der Waals surface area contributed by atoms with Crippen LogP contribution in [-0.2, 0) is 0 Å². The summed E-state index contributed by atoms with van der Waals surface area (Å²) in [6.45, 7) is 2.26. The fraction of sp³-hybridized carbons (Fsp3) is 0.875. The first-order valence-corrected chi connectivity index (χ1v) is 5.27. The summed E-state index contributed by atoms with van der Waals surface area (Å²) in [5.74, 6) is 1.32. The van der Waals surface area contributed by atoms with E-state index >= 15 is 0 Å². The number of nitrogens with one attached hydrogen (secondary N) is 1. The topological polar surface area (TPSA) is 70.1 Å². The summed E-state index contributed by atoms with van der Waals surface area (Å²) >= 11 is 1.77. The highest BCUT2D eigenvalue weighted by molar-refractivity contribution is 7.99. The fourth-order valence-corrected chi connectivity index (χ4v) is 1.63. The molecule has 0 aliphatic heterocycles. The van der Waals surface area contributed by atoms with Gasteiger partial charge in [-0.25, -0.2) is 0 Å². The summed E-state index contributed by atoms with van der Waals surface area (Å²) in [5, 5.41) is 16.0. The van der Waals surface area contributed by atoms with E-state index in [0.717, 1.165) is 18.6 Å². The van der Waals surface area contributed by atoms with Crippen molar-refractivity contribution in [1.82, 2.24) is 0 Å². The monoisotopic (exact) mass is 190 g/mol. The normalized spacial score (nSPS) is 12.8. The van der Waals surface area contributed by atoms with Crippen molar-refractivity contribution in [1.29, 1.82) is 5.41 Å². The molecule has 0 fully saturated rings. The summed E-state index contributed by atoms with van der Waals surface area (Å²) in [5.41, 5.74) is 5.20. The molecule has 0 aromatic heterocycles. The Morgan fingerprint density at radius 1 is 1.58 bits per heavy atom. The van der Waals surface area contributed by atoms with E-state index in [-0.39, 0.29) is 12.4 Å². The van der Waals surface area contributed by atoms with E-state index in [1.54, 1.807) is 11.8 Å². The summed E-state index contributed by atoms with van der Waals surface area (Å²) in [6, 6.07) is 0. The Kier molecular flexibility index (Phi) is 7.29. The highest BCUT2D eigenvalue weighted by atomic mass is 32.2. The molecule has 1 unspecified atom stereocenters. The Hall–Kier alpha value is -0.220. The molecule has 1 atom stereocenters. The van der Waals surface area contributed by atoms with Gasteiger partial charge in [-0.3, -0.25) is 5.41 Å². The van der Waals surface area contributed by atoms with Crippen LogP contribution >= 0.6 is 11.8 Å². The van der Waals surface area contributed by atoms with E-state index in [2.05, 4.69) is 0 Å². The zero-order valence-corrected chi connectivity index (χ0v) is 8.36. The quantitative estimate of drug-likeness (QED) is 0.321. The van der Waals surface area contributed by atoms with Crippen molar-refractivity contribution in [3.05, 3.63) is 0 Å². The van der Waals surface area contributed by atoms with Gasteiger partial charge in [-0.1, -0.05) is 6.92 Å². The Morgan fingerprint density at radius 2 is 2.25 bits per heavy atom. The van der Waals surface area contributed by atoms with Crippen molar-refractivity contribution in [3.8, 4) is 0 Å². The third-order valence-electron chi connectivity index (χ3n) is 1.50. The van der Waals surface area contributed by atoms with Crippen LogP contribution in [-0.4, -0.2) is 28.6 Å². The van der Waals surface area contributed by atoms with Gasteiger partial charge >= 0.3 is 0 Å². The van der Waals surface area contributed by atoms with Crippen molar-refractivity contribution in [2.45, 2.75) is 31.4 Å². The van der Waals surface area contributed by atoms with Crippen LogP contribution in [0.1, 0.15) is 26.2 Å². The van der Waals surface area contributed by atoms with E-state index in [1.807, 2.05) is 6.92 Å². The second-order valence-corrected chi connectivity index (χ2v) is 4.39. The van der Waals surface area contributed by atoms with E-state index in [1.165, 1.54) is 0 Å². The van der Waals surface area contributed by atoms with Gasteiger partial charge in [0.15, 0.2) is 0 Å². The number of amidine groups is 1. The molecule has 0 aromatic carbocycles. The number of hydrogen-bond acceptors (Lipinski definition) is 3. The second kappa shape index (κ2) is 7.43. The van der Waals surface area contributed by atoms with Gasteiger partial charge in [0.2, 0.25) is 0 Å². The molecule has 0 bridgehead atoms. The molecule has 4 heteroatoms. The molecule has 0 heterocycles. The van der Waals surface area contributed by atoms with Crippen molar-refractivity contribution >= 4 is 17.6 Å². The number of nitrogens with two attached hydrogens (primary N) is 1. The Balaban J connectivity index is 3.05. The summed E-state index contributed by atoms with van der Waals surface area (Å²) in [7, 11) is 0. The summed E-state index contributed by atoms with van der Waals surface area (Å²) in [4.78, 5) is 0. The predicted molar refractivity (Wildman–Crippen MR) is 54.8 cm³/mol. The molecule has 0 aromatic rings. The maximum absolute atomic E-state index is 8.70. The molecule has 0 aliphatic carbocycles. The number of thioether (sulfide) groups is 1. The molecular weight excluding hydrogens is 172 g/mol. The van der Waals surface area contributed by atoms with Crippen LogP contribution in [0, 0.1) is 5.41 Å². The SMILES string of the molecule is CC(CO)SCCCCC(=N)N. The number of rotatable bonds is 7. The lowest BCUT2D eigenvalue weighted by atomic mass is 10.2. The average molecular weight is 190 g/mol. The first kappa shape index (κ1) is 11.8.